The van der Waals surface area contributed by atoms with Crippen molar-refractivity contribution in [1.82, 2.24) is 9.55 Å². The second kappa shape index (κ2) is 5.16. The Bertz CT molecular complexity index is 494. The highest BCUT2D eigenvalue weighted by molar-refractivity contribution is 5.80. The highest BCUT2D eigenvalue weighted by atomic mass is 16.5. The van der Waals surface area contributed by atoms with Crippen LogP contribution in [0.5, 0.6) is 11.5 Å². The molecule has 0 aliphatic heterocycles. The third kappa shape index (κ3) is 2.63. The van der Waals surface area contributed by atoms with Gasteiger partial charge in [0.1, 0.15) is 6.33 Å². The van der Waals surface area contributed by atoms with E-state index >= 15 is 0 Å². The summed E-state index contributed by atoms with van der Waals surface area (Å²) in [6.07, 6.45) is 4.56. The summed E-state index contributed by atoms with van der Waals surface area (Å²) in [6, 6.07) is 7.18. The fourth-order valence-electron chi connectivity index (χ4n) is 1.36. The van der Waals surface area contributed by atoms with Crippen molar-refractivity contribution in [2.24, 2.45) is 0 Å². The van der Waals surface area contributed by atoms with E-state index in [-0.39, 0.29) is 12.5 Å². The van der Waals surface area contributed by atoms with Crippen LogP contribution in [0, 0.1) is 0 Å². The number of carbonyl (C=O) groups excluding carboxylic acids is 1. The zero-order valence-electron chi connectivity index (χ0n) is 9.37. The molecule has 0 saturated carbocycles. The van der Waals surface area contributed by atoms with E-state index in [9.17, 15) is 4.79 Å². The summed E-state index contributed by atoms with van der Waals surface area (Å²) in [7, 11) is 1.56. The number of ether oxygens (including phenoxy) is 2. The van der Waals surface area contributed by atoms with Crippen LogP contribution in [-0.4, -0.2) is 29.2 Å². The van der Waals surface area contributed by atoms with Crippen molar-refractivity contribution in [3.63, 3.8) is 0 Å². The van der Waals surface area contributed by atoms with E-state index in [0.29, 0.717) is 11.5 Å². The minimum absolute atomic E-state index is 0.0588. The summed E-state index contributed by atoms with van der Waals surface area (Å²) in [4.78, 5) is 15.4. The number of methoxy groups -OCH3 is 1. The molecule has 0 atom stereocenters. The van der Waals surface area contributed by atoms with Gasteiger partial charge >= 0.3 is 0 Å². The quantitative estimate of drug-likeness (QED) is 0.803. The van der Waals surface area contributed by atoms with Gasteiger partial charge in [0.15, 0.2) is 18.1 Å². The fraction of sp³-hybridized carbons (Fsp3) is 0.167. The molecule has 0 N–H and O–H groups in total. The first-order valence-electron chi connectivity index (χ1n) is 5.08. The number of para-hydroxylation sites is 2. The lowest BCUT2D eigenvalue weighted by Gasteiger charge is -2.09. The number of rotatable bonds is 4. The Morgan fingerprint density at radius 1 is 1.35 bits per heavy atom. The Labute approximate surface area is 98.6 Å². The molecule has 0 bridgehead atoms. The summed E-state index contributed by atoms with van der Waals surface area (Å²) in [5.74, 6) is 0.961. The van der Waals surface area contributed by atoms with Gasteiger partial charge in [-0.3, -0.25) is 9.36 Å². The average molecular weight is 232 g/mol. The molecule has 0 radical (unpaired) electrons. The van der Waals surface area contributed by atoms with Crippen LogP contribution in [0.25, 0.3) is 0 Å². The molecule has 1 aromatic carbocycles. The van der Waals surface area contributed by atoms with Crippen molar-refractivity contribution >= 4 is 5.91 Å². The standard InChI is InChI=1S/C12H12N2O3/c1-16-10-4-2-3-5-11(10)17-8-12(15)14-7-6-13-9-14/h2-7,9H,8H2,1H3. The Balaban J connectivity index is 2.00. The third-order valence-corrected chi connectivity index (χ3v) is 2.21. The van der Waals surface area contributed by atoms with Gasteiger partial charge < -0.3 is 9.47 Å². The maximum Gasteiger partial charge on any atom is 0.269 e. The van der Waals surface area contributed by atoms with Crippen molar-refractivity contribution in [3.8, 4) is 11.5 Å². The van der Waals surface area contributed by atoms with Crippen LogP contribution in [0.15, 0.2) is 43.0 Å². The van der Waals surface area contributed by atoms with Gasteiger partial charge in [0.2, 0.25) is 0 Å². The highest BCUT2D eigenvalue weighted by Crippen LogP contribution is 2.25. The summed E-state index contributed by atoms with van der Waals surface area (Å²) < 4.78 is 11.9. The third-order valence-electron chi connectivity index (χ3n) is 2.21. The van der Waals surface area contributed by atoms with E-state index in [1.807, 2.05) is 12.1 Å². The lowest BCUT2D eigenvalue weighted by Crippen LogP contribution is -2.17. The van der Waals surface area contributed by atoms with E-state index < -0.39 is 0 Å². The van der Waals surface area contributed by atoms with Gasteiger partial charge in [-0.2, -0.15) is 0 Å². The number of carbonyl (C=O) groups is 1. The molecule has 1 aromatic heterocycles. The first-order chi connectivity index (χ1) is 8.31. The molecule has 0 amide bonds. The maximum absolute atomic E-state index is 11.6. The molecule has 5 heteroatoms. The molecular formula is C12H12N2O3. The summed E-state index contributed by atoms with van der Waals surface area (Å²) in [5, 5.41) is 0. The highest BCUT2D eigenvalue weighted by Gasteiger charge is 2.07. The minimum Gasteiger partial charge on any atom is -0.493 e. The molecule has 17 heavy (non-hydrogen) atoms. The lowest BCUT2D eigenvalue weighted by atomic mass is 10.3. The molecule has 0 aliphatic carbocycles. The predicted octanol–water partition coefficient (Wildman–Crippen LogP) is 1.61. The van der Waals surface area contributed by atoms with Gasteiger partial charge in [0, 0.05) is 12.4 Å². The van der Waals surface area contributed by atoms with Crippen LogP contribution >= 0.6 is 0 Å². The number of hydrogen-bond acceptors (Lipinski definition) is 4. The Kier molecular flexibility index (Phi) is 3.40. The van der Waals surface area contributed by atoms with Gasteiger partial charge in [0.05, 0.1) is 7.11 Å². The van der Waals surface area contributed by atoms with Crippen LogP contribution in [0.4, 0.5) is 0 Å². The number of benzene rings is 1. The first kappa shape index (κ1) is 11.2. The summed E-state index contributed by atoms with van der Waals surface area (Å²) in [5.41, 5.74) is 0. The molecule has 1 heterocycles. The summed E-state index contributed by atoms with van der Waals surface area (Å²) in [6.45, 7) is -0.0588. The number of nitrogens with zero attached hydrogens (tertiary/aromatic N) is 2. The molecule has 0 spiro atoms. The molecule has 0 saturated heterocycles. The van der Waals surface area contributed by atoms with Crippen LogP contribution < -0.4 is 9.47 Å². The second-order valence-corrected chi connectivity index (χ2v) is 3.30. The minimum atomic E-state index is -0.187. The van der Waals surface area contributed by atoms with Gasteiger partial charge in [0.25, 0.3) is 5.91 Å². The number of imidazole rings is 1. The topological polar surface area (TPSA) is 53.4 Å². The van der Waals surface area contributed by atoms with E-state index in [1.165, 1.54) is 10.9 Å². The Hall–Kier alpha value is -2.30. The zero-order chi connectivity index (χ0) is 12.1. The van der Waals surface area contributed by atoms with Crippen molar-refractivity contribution < 1.29 is 14.3 Å². The van der Waals surface area contributed by atoms with Gasteiger partial charge in [-0.1, -0.05) is 12.1 Å². The van der Waals surface area contributed by atoms with Crippen molar-refractivity contribution in [3.05, 3.63) is 43.0 Å². The summed E-state index contributed by atoms with van der Waals surface area (Å²) >= 11 is 0. The molecular weight excluding hydrogens is 220 g/mol. The van der Waals surface area contributed by atoms with Crippen LogP contribution in [-0.2, 0) is 0 Å². The molecule has 88 valence electrons. The van der Waals surface area contributed by atoms with Gasteiger partial charge in [-0.05, 0) is 12.1 Å². The first-order valence-corrected chi connectivity index (χ1v) is 5.08. The molecule has 0 aliphatic rings. The zero-order valence-corrected chi connectivity index (χ0v) is 9.37. The molecule has 0 unspecified atom stereocenters. The van der Waals surface area contributed by atoms with E-state index in [2.05, 4.69) is 4.98 Å². The lowest BCUT2D eigenvalue weighted by molar-refractivity contribution is 0.0835. The van der Waals surface area contributed by atoms with Gasteiger partial charge in [-0.25, -0.2) is 4.98 Å². The van der Waals surface area contributed by atoms with Crippen LogP contribution in [0.2, 0.25) is 0 Å². The predicted molar refractivity (Wildman–Crippen MR) is 61.3 cm³/mol. The van der Waals surface area contributed by atoms with E-state index in [1.54, 1.807) is 31.6 Å². The molecule has 0 fully saturated rings. The largest absolute Gasteiger partial charge is 0.493 e. The van der Waals surface area contributed by atoms with Gasteiger partial charge in [-0.15, -0.1) is 0 Å². The van der Waals surface area contributed by atoms with Crippen molar-refractivity contribution in [1.29, 1.82) is 0 Å². The van der Waals surface area contributed by atoms with E-state index in [4.69, 9.17) is 9.47 Å². The normalized spacial score (nSPS) is 9.94. The monoisotopic (exact) mass is 232 g/mol. The smallest absolute Gasteiger partial charge is 0.269 e. The Morgan fingerprint density at radius 2 is 2.12 bits per heavy atom. The average Bonchev–Trinajstić information content (AvgIpc) is 2.90. The van der Waals surface area contributed by atoms with Crippen molar-refractivity contribution in [2.45, 2.75) is 0 Å². The molecule has 5 nitrogen and oxygen atoms in total. The Morgan fingerprint density at radius 3 is 2.76 bits per heavy atom. The number of hydrogen-bond donors (Lipinski definition) is 0. The maximum atomic E-state index is 11.6. The van der Waals surface area contributed by atoms with Crippen LogP contribution in [0.3, 0.4) is 0 Å². The second-order valence-electron chi connectivity index (χ2n) is 3.30. The van der Waals surface area contributed by atoms with E-state index in [0.717, 1.165) is 0 Å². The molecule has 2 rings (SSSR count). The SMILES string of the molecule is COc1ccccc1OCC(=O)n1ccnc1. The van der Waals surface area contributed by atoms with Crippen LogP contribution in [0.1, 0.15) is 4.79 Å². The molecule has 2 aromatic rings. The fourth-order valence-corrected chi connectivity index (χ4v) is 1.36. The number of aromatic nitrogens is 2. The van der Waals surface area contributed by atoms with Crippen molar-refractivity contribution in [2.75, 3.05) is 13.7 Å².